The van der Waals surface area contributed by atoms with E-state index in [0.29, 0.717) is 15.1 Å². The summed E-state index contributed by atoms with van der Waals surface area (Å²) in [6, 6.07) is 11.6. The monoisotopic (exact) mass is 484 g/mol. The Morgan fingerprint density at radius 3 is 2.57 bits per heavy atom. The van der Waals surface area contributed by atoms with Crippen molar-refractivity contribution in [3.05, 3.63) is 52.5 Å². The highest BCUT2D eigenvalue weighted by atomic mass is 35.5. The Balaban J connectivity index is 1.54. The van der Waals surface area contributed by atoms with E-state index in [2.05, 4.69) is 15.5 Å². The Morgan fingerprint density at radius 1 is 1.17 bits per heavy atom. The number of nitrogens with zero attached hydrogens (tertiary/aromatic N) is 3. The van der Waals surface area contributed by atoms with Gasteiger partial charge < -0.3 is 4.74 Å². The van der Waals surface area contributed by atoms with Gasteiger partial charge in [-0.1, -0.05) is 46.7 Å². The van der Waals surface area contributed by atoms with E-state index in [1.54, 1.807) is 30.3 Å². The number of rotatable bonds is 4. The second-order valence-corrected chi connectivity index (χ2v) is 10.2. The maximum absolute atomic E-state index is 12.7. The molecule has 0 unspecified atom stereocenters. The number of aromatic nitrogens is 2. The van der Waals surface area contributed by atoms with Crippen molar-refractivity contribution in [1.82, 2.24) is 10.2 Å². The minimum Gasteiger partial charge on any atom is -0.476 e. The zero-order chi connectivity index (χ0) is 21.5. The van der Waals surface area contributed by atoms with E-state index in [1.165, 1.54) is 23.5 Å². The van der Waals surface area contributed by atoms with Gasteiger partial charge in [0, 0.05) is 15.6 Å². The van der Waals surface area contributed by atoms with Crippen molar-refractivity contribution in [3.63, 3.8) is 0 Å². The molecule has 0 radical (unpaired) electrons. The van der Waals surface area contributed by atoms with E-state index >= 15 is 0 Å². The largest absolute Gasteiger partial charge is 0.476 e. The van der Waals surface area contributed by atoms with Crippen LogP contribution in [0.1, 0.15) is 0 Å². The van der Waals surface area contributed by atoms with Crippen molar-refractivity contribution < 1.29 is 17.9 Å². The van der Waals surface area contributed by atoms with Gasteiger partial charge in [-0.25, -0.2) is 8.42 Å². The normalized spacial score (nSPS) is 16.0. The molecule has 0 bridgehead atoms. The van der Waals surface area contributed by atoms with Crippen LogP contribution in [0.3, 0.4) is 0 Å². The zero-order valence-corrected chi connectivity index (χ0v) is 18.5. The second kappa shape index (κ2) is 8.03. The summed E-state index contributed by atoms with van der Waals surface area (Å²) in [5.74, 6) is -0.293. The molecule has 1 aromatic heterocycles. The third-order valence-corrected chi connectivity index (χ3v) is 6.75. The van der Waals surface area contributed by atoms with Crippen molar-refractivity contribution in [1.29, 1.82) is 0 Å². The first kappa shape index (κ1) is 20.9. The number of sulfonamides is 1. The molecule has 0 saturated carbocycles. The number of hydrogen-bond acceptors (Lipinski definition) is 7. The van der Waals surface area contributed by atoms with Gasteiger partial charge in [-0.3, -0.25) is 14.4 Å². The molecule has 0 fully saturated rings. The van der Waals surface area contributed by atoms with Gasteiger partial charge in [0.15, 0.2) is 6.10 Å². The maximum Gasteiger partial charge on any atom is 0.269 e. The van der Waals surface area contributed by atoms with E-state index in [9.17, 15) is 13.2 Å². The molecule has 1 N–H and O–H groups in total. The summed E-state index contributed by atoms with van der Waals surface area (Å²) in [5, 5.41) is 12.5. The van der Waals surface area contributed by atoms with Crippen LogP contribution >= 0.6 is 34.5 Å². The number of hydrogen-bond donors (Lipinski definition) is 1. The Morgan fingerprint density at radius 2 is 1.87 bits per heavy atom. The lowest BCUT2D eigenvalue weighted by molar-refractivity contribution is -0.122. The van der Waals surface area contributed by atoms with Crippen molar-refractivity contribution >= 4 is 61.3 Å². The van der Waals surface area contributed by atoms with Gasteiger partial charge in [0.2, 0.25) is 15.2 Å². The molecule has 0 spiro atoms. The lowest BCUT2D eigenvalue weighted by Gasteiger charge is -2.33. The number of ether oxygens (including phenoxy) is 1. The molecule has 1 atom stereocenters. The lowest BCUT2D eigenvalue weighted by Crippen LogP contribution is -2.48. The standard InChI is InChI=1S/C18H14Cl2N4O4S2/c1-30(26,27)24-9-15(28-14-7-6-12(20)8-13(14)24)16(25)21-18-23-22-17(29-18)10-2-4-11(19)5-3-10/h2-8,15H,9H2,1H3,(H,21,23,25)/t15-/m1/s1. The molecular weight excluding hydrogens is 471 g/mol. The molecule has 0 aliphatic carbocycles. The number of amides is 1. The second-order valence-electron chi connectivity index (χ2n) is 6.42. The quantitative estimate of drug-likeness (QED) is 0.605. The molecule has 156 valence electrons. The molecule has 30 heavy (non-hydrogen) atoms. The fourth-order valence-corrected chi connectivity index (χ4v) is 4.79. The predicted octanol–water partition coefficient (Wildman–Crippen LogP) is 3.68. The van der Waals surface area contributed by atoms with Crippen molar-refractivity contribution in [2.45, 2.75) is 6.10 Å². The fourth-order valence-electron chi connectivity index (χ4n) is 2.84. The van der Waals surface area contributed by atoms with Crippen LogP contribution < -0.4 is 14.4 Å². The Hall–Kier alpha value is -2.40. The first-order valence-corrected chi connectivity index (χ1v) is 12.0. The molecule has 2 heterocycles. The summed E-state index contributed by atoms with van der Waals surface area (Å²) in [4.78, 5) is 12.7. The number of carbonyl (C=O) groups is 1. The molecule has 0 saturated heterocycles. The summed E-state index contributed by atoms with van der Waals surface area (Å²) in [6.45, 7) is -0.194. The van der Waals surface area contributed by atoms with Gasteiger partial charge >= 0.3 is 0 Å². The van der Waals surface area contributed by atoms with Crippen LogP contribution in [0.25, 0.3) is 10.6 Å². The molecule has 1 aliphatic heterocycles. The summed E-state index contributed by atoms with van der Waals surface area (Å²) in [6.07, 6.45) is -0.0162. The smallest absolute Gasteiger partial charge is 0.269 e. The number of benzene rings is 2. The SMILES string of the molecule is CS(=O)(=O)N1C[C@H](C(=O)Nc2nnc(-c3ccc(Cl)cc3)s2)Oc2ccc(Cl)cc21. The topological polar surface area (TPSA) is 101 Å². The summed E-state index contributed by atoms with van der Waals surface area (Å²) < 4.78 is 31.3. The van der Waals surface area contributed by atoms with Crippen LogP contribution in [0.4, 0.5) is 10.8 Å². The van der Waals surface area contributed by atoms with Crippen LogP contribution in [0, 0.1) is 0 Å². The van der Waals surface area contributed by atoms with Crippen LogP contribution in [0.15, 0.2) is 42.5 Å². The molecule has 12 heteroatoms. The average Bonchev–Trinajstić information content (AvgIpc) is 3.15. The minimum absolute atomic E-state index is 0.194. The molecule has 4 rings (SSSR count). The first-order valence-electron chi connectivity index (χ1n) is 8.55. The fraction of sp³-hybridized carbons (Fsp3) is 0.167. The molecule has 1 amide bonds. The molecular formula is C18H14Cl2N4O4S2. The van der Waals surface area contributed by atoms with E-state index in [1.807, 2.05) is 0 Å². The molecule has 1 aliphatic rings. The van der Waals surface area contributed by atoms with E-state index in [4.69, 9.17) is 27.9 Å². The zero-order valence-electron chi connectivity index (χ0n) is 15.4. The highest BCUT2D eigenvalue weighted by Gasteiger charge is 2.35. The summed E-state index contributed by atoms with van der Waals surface area (Å²) in [7, 11) is -3.65. The minimum atomic E-state index is -3.65. The molecule has 2 aromatic carbocycles. The van der Waals surface area contributed by atoms with Gasteiger partial charge in [0.05, 0.1) is 18.5 Å². The first-order chi connectivity index (χ1) is 14.2. The van der Waals surface area contributed by atoms with E-state index in [0.717, 1.165) is 16.1 Å². The number of carbonyl (C=O) groups excluding carboxylic acids is 1. The number of anilines is 2. The van der Waals surface area contributed by atoms with Crippen LogP contribution in [0.5, 0.6) is 5.75 Å². The van der Waals surface area contributed by atoms with Crippen molar-refractivity contribution in [2.75, 3.05) is 22.4 Å². The van der Waals surface area contributed by atoms with Crippen molar-refractivity contribution in [2.24, 2.45) is 0 Å². The highest BCUT2D eigenvalue weighted by Crippen LogP contribution is 2.37. The van der Waals surface area contributed by atoms with Crippen LogP contribution in [-0.4, -0.2) is 43.4 Å². The summed E-state index contributed by atoms with van der Waals surface area (Å²) in [5.41, 5.74) is 1.09. The molecule has 8 nitrogen and oxygen atoms in total. The van der Waals surface area contributed by atoms with E-state index in [-0.39, 0.29) is 23.1 Å². The lowest BCUT2D eigenvalue weighted by atomic mass is 10.2. The van der Waals surface area contributed by atoms with E-state index < -0.39 is 22.0 Å². The average molecular weight is 485 g/mol. The predicted molar refractivity (Wildman–Crippen MR) is 117 cm³/mol. The van der Waals surface area contributed by atoms with Crippen LogP contribution in [-0.2, 0) is 14.8 Å². The van der Waals surface area contributed by atoms with Crippen molar-refractivity contribution in [3.8, 4) is 16.3 Å². The molecule has 3 aromatic rings. The number of halogens is 2. The van der Waals surface area contributed by atoms with Crippen LogP contribution in [0.2, 0.25) is 10.0 Å². The number of nitrogens with one attached hydrogen (secondary N) is 1. The summed E-state index contributed by atoms with van der Waals surface area (Å²) >= 11 is 13.0. The highest BCUT2D eigenvalue weighted by molar-refractivity contribution is 7.92. The van der Waals surface area contributed by atoms with Gasteiger partial charge in [-0.15, -0.1) is 10.2 Å². The number of fused-ring (bicyclic) bond motifs is 1. The van der Waals surface area contributed by atoms with Gasteiger partial charge in [0.1, 0.15) is 10.8 Å². The third kappa shape index (κ3) is 4.36. The Bertz CT molecular complexity index is 1220. The van der Waals surface area contributed by atoms with Gasteiger partial charge in [0.25, 0.3) is 5.91 Å². The van der Waals surface area contributed by atoms with Gasteiger partial charge in [-0.2, -0.15) is 0 Å². The van der Waals surface area contributed by atoms with Gasteiger partial charge in [-0.05, 0) is 30.3 Å². The Labute approximate surface area is 186 Å². The Kier molecular flexibility index (Phi) is 5.58. The maximum atomic E-state index is 12.7. The third-order valence-electron chi connectivity index (χ3n) is 4.23.